The molecule has 0 spiro atoms. The third-order valence-electron chi connectivity index (χ3n) is 3.90. The molecule has 0 amide bonds. The number of anilines is 1. The Hall–Kier alpha value is -2.97. The van der Waals surface area contributed by atoms with E-state index in [0.717, 1.165) is 5.56 Å². The van der Waals surface area contributed by atoms with E-state index in [9.17, 15) is 8.42 Å². The van der Waals surface area contributed by atoms with Crippen molar-refractivity contribution in [2.75, 3.05) is 4.72 Å². The van der Waals surface area contributed by atoms with Crippen molar-refractivity contribution >= 4 is 33.1 Å². The van der Waals surface area contributed by atoms with Gasteiger partial charge >= 0.3 is 0 Å². The third kappa shape index (κ3) is 3.36. The molecule has 0 aliphatic heterocycles. The van der Waals surface area contributed by atoms with E-state index in [4.69, 9.17) is 11.6 Å². The van der Waals surface area contributed by atoms with Gasteiger partial charge in [0.2, 0.25) is 0 Å². The molecule has 2 aromatic heterocycles. The van der Waals surface area contributed by atoms with Gasteiger partial charge in [-0.25, -0.2) is 9.50 Å². The molecule has 2 aromatic carbocycles. The number of hydrogen-bond donors (Lipinski definition) is 1. The van der Waals surface area contributed by atoms with Gasteiger partial charge in [-0.3, -0.25) is 4.72 Å². The highest BCUT2D eigenvalue weighted by atomic mass is 35.5. The summed E-state index contributed by atoms with van der Waals surface area (Å²) in [6.45, 7) is 1.79. The molecular formula is C18H14ClN5O2S. The molecule has 0 aliphatic rings. The number of rotatable bonds is 4. The first kappa shape index (κ1) is 17.4. The van der Waals surface area contributed by atoms with Crippen LogP contribution in [0, 0.1) is 6.92 Å². The van der Waals surface area contributed by atoms with Crippen molar-refractivity contribution in [2.24, 2.45) is 0 Å². The molecule has 0 atom stereocenters. The number of aryl methyl sites for hydroxylation is 1. The van der Waals surface area contributed by atoms with Crippen molar-refractivity contribution in [3.05, 3.63) is 71.5 Å². The van der Waals surface area contributed by atoms with Gasteiger partial charge in [-0.1, -0.05) is 54.1 Å². The second kappa shape index (κ2) is 6.64. The number of para-hydroxylation sites is 1. The number of aromatic nitrogens is 4. The number of benzene rings is 2. The highest BCUT2D eigenvalue weighted by Gasteiger charge is 2.24. The summed E-state index contributed by atoms with van der Waals surface area (Å²) in [6, 6.07) is 16.3. The summed E-state index contributed by atoms with van der Waals surface area (Å²) in [4.78, 5) is 8.19. The average molecular weight is 400 g/mol. The summed E-state index contributed by atoms with van der Waals surface area (Å²) in [5, 5.41) is 3.90. The van der Waals surface area contributed by atoms with Gasteiger partial charge in [-0.15, -0.1) is 5.10 Å². The smallest absolute Gasteiger partial charge is 0.275 e. The summed E-state index contributed by atoms with van der Waals surface area (Å²) >= 11 is 6.29. The molecule has 0 saturated carbocycles. The molecule has 2 heterocycles. The van der Waals surface area contributed by atoms with Crippen LogP contribution >= 0.6 is 11.6 Å². The van der Waals surface area contributed by atoms with E-state index in [1.54, 1.807) is 37.4 Å². The fraction of sp³-hybridized carbons (Fsp3) is 0.0556. The van der Waals surface area contributed by atoms with E-state index < -0.39 is 10.0 Å². The minimum absolute atomic E-state index is 0.206. The lowest BCUT2D eigenvalue weighted by molar-refractivity contribution is 0.592. The molecule has 0 aliphatic carbocycles. The Morgan fingerprint density at radius 3 is 2.56 bits per heavy atom. The van der Waals surface area contributed by atoms with Gasteiger partial charge in [0.05, 0.1) is 10.7 Å². The van der Waals surface area contributed by atoms with E-state index in [1.807, 2.05) is 30.3 Å². The van der Waals surface area contributed by atoms with Gasteiger partial charge in [0, 0.05) is 17.5 Å². The average Bonchev–Trinajstić information content (AvgIpc) is 3.08. The fourth-order valence-corrected chi connectivity index (χ4v) is 3.88. The summed E-state index contributed by atoms with van der Waals surface area (Å²) in [7, 11) is -4.06. The zero-order valence-electron chi connectivity index (χ0n) is 14.2. The Labute approximate surface area is 160 Å². The van der Waals surface area contributed by atoms with Gasteiger partial charge in [-0.05, 0) is 24.6 Å². The first-order chi connectivity index (χ1) is 12.9. The third-order valence-corrected chi connectivity index (χ3v) is 5.34. The number of nitrogens with one attached hydrogen (secondary N) is 1. The molecular weight excluding hydrogens is 386 g/mol. The summed E-state index contributed by atoms with van der Waals surface area (Å²) in [6.07, 6.45) is 1.61. The fourth-order valence-electron chi connectivity index (χ4n) is 2.63. The van der Waals surface area contributed by atoms with Crippen LogP contribution in [0.5, 0.6) is 0 Å². The Morgan fingerprint density at radius 1 is 1.00 bits per heavy atom. The Balaban J connectivity index is 1.79. The highest BCUT2D eigenvalue weighted by Crippen LogP contribution is 2.35. The predicted octanol–water partition coefficient (Wildman–Crippen LogP) is 3.55. The van der Waals surface area contributed by atoms with E-state index in [0.29, 0.717) is 11.3 Å². The van der Waals surface area contributed by atoms with Gasteiger partial charge in [0.15, 0.2) is 0 Å². The van der Waals surface area contributed by atoms with Crippen LogP contribution in [-0.4, -0.2) is 28.0 Å². The quantitative estimate of drug-likeness (QED) is 0.566. The van der Waals surface area contributed by atoms with E-state index in [-0.39, 0.29) is 21.6 Å². The van der Waals surface area contributed by atoms with Crippen LogP contribution in [0.4, 0.5) is 5.69 Å². The van der Waals surface area contributed by atoms with Crippen LogP contribution in [0.1, 0.15) is 5.69 Å². The maximum Gasteiger partial charge on any atom is 0.299 e. The monoisotopic (exact) mass is 399 g/mol. The molecule has 0 saturated heterocycles. The zero-order valence-corrected chi connectivity index (χ0v) is 15.7. The number of fused-ring (bicyclic) bond motifs is 1. The molecule has 4 aromatic rings. The van der Waals surface area contributed by atoms with Crippen molar-refractivity contribution in [1.29, 1.82) is 0 Å². The standard InChI is InChI=1S/C18H14ClN5O2S/c1-12-10-11-24-17(20-12)21-18(22-24)27(25,26)23-16-14(8-5-9-15(16)19)13-6-3-2-4-7-13/h2-11,23H,1H3. The van der Waals surface area contributed by atoms with Crippen LogP contribution in [0.2, 0.25) is 5.02 Å². The number of hydrogen-bond acceptors (Lipinski definition) is 5. The van der Waals surface area contributed by atoms with Crippen molar-refractivity contribution < 1.29 is 8.42 Å². The largest absolute Gasteiger partial charge is 0.299 e. The molecule has 9 heteroatoms. The number of nitrogens with zero attached hydrogens (tertiary/aromatic N) is 4. The minimum atomic E-state index is -4.06. The van der Waals surface area contributed by atoms with Crippen molar-refractivity contribution in [3.8, 4) is 11.1 Å². The first-order valence-electron chi connectivity index (χ1n) is 8.01. The first-order valence-corrected chi connectivity index (χ1v) is 9.87. The van der Waals surface area contributed by atoms with Crippen LogP contribution in [-0.2, 0) is 10.0 Å². The molecule has 1 N–H and O–H groups in total. The number of sulfonamides is 1. The van der Waals surface area contributed by atoms with Crippen LogP contribution in [0.3, 0.4) is 0 Å². The van der Waals surface area contributed by atoms with Crippen molar-refractivity contribution in [3.63, 3.8) is 0 Å². The maximum atomic E-state index is 12.9. The van der Waals surface area contributed by atoms with Gasteiger partial charge < -0.3 is 0 Å². The lowest BCUT2D eigenvalue weighted by Crippen LogP contribution is -2.15. The molecule has 0 bridgehead atoms. The molecule has 27 heavy (non-hydrogen) atoms. The summed E-state index contributed by atoms with van der Waals surface area (Å²) < 4.78 is 29.5. The van der Waals surface area contributed by atoms with Crippen LogP contribution < -0.4 is 4.72 Å². The van der Waals surface area contributed by atoms with Gasteiger partial charge in [-0.2, -0.15) is 13.4 Å². The molecule has 0 unspecified atom stereocenters. The summed E-state index contributed by atoms with van der Waals surface area (Å²) in [5.41, 5.74) is 2.47. The van der Waals surface area contributed by atoms with Crippen molar-refractivity contribution in [2.45, 2.75) is 12.1 Å². The lowest BCUT2D eigenvalue weighted by atomic mass is 10.0. The molecule has 7 nitrogen and oxygen atoms in total. The van der Waals surface area contributed by atoms with E-state index in [1.165, 1.54) is 4.52 Å². The van der Waals surface area contributed by atoms with Gasteiger partial charge in [0.25, 0.3) is 21.0 Å². The molecule has 136 valence electrons. The number of halogens is 1. The lowest BCUT2D eigenvalue weighted by Gasteiger charge is -2.13. The van der Waals surface area contributed by atoms with Crippen molar-refractivity contribution in [1.82, 2.24) is 19.6 Å². The normalized spacial score (nSPS) is 11.6. The second-order valence-corrected chi connectivity index (χ2v) is 7.83. The Bertz CT molecular complexity index is 1240. The van der Waals surface area contributed by atoms with Crippen LogP contribution in [0.25, 0.3) is 16.9 Å². The topological polar surface area (TPSA) is 89.3 Å². The molecule has 4 rings (SSSR count). The Morgan fingerprint density at radius 2 is 1.78 bits per heavy atom. The minimum Gasteiger partial charge on any atom is -0.275 e. The second-order valence-electron chi connectivity index (χ2n) is 5.84. The predicted molar refractivity (Wildman–Crippen MR) is 103 cm³/mol. The Kier molecular flexibility index (Phi) is 4.29. The van der Waals surface area contributed by atoms with Gasteiger partial charge in [0.1, 0.15) is 0 Å². The summed E-state index contributed by atoms with van der Waals surface area (Å²) in [5.74, 6) is 0.206. The maximum absolute atomic E-state index is 12.9. The van der Waals surface area contributed by atoms with E-state index in [2.05, 4.69) is 19.8 Å². The van der Waals surface area contributed by atoms with E-state index >= 15 is 0 Å². The highest BCUT2D eigenvalue weighted by molar-refractivity contribution is 7.92. The molecule has 0 fully saturated rings. The SMILES string of the molecule is Cc1ccn2nc(S(=O)(=O)Nc3c(Cl)cccc3-c3ccccc3)nc2n1. The zero-order chi connectivity index (χ0) is 19.0. The molecule has 0 radical (unpaired) electrons. The van der Waals surface area contributed by atoms with Crippen LogP contribution in [0.15, 0.2) is 66.0 Å².